The molecule has 2 aromatic rings. The van der Waals surface area contributed by atoms with E-state index >= 15 is 0 Å². The number of aryl methyl sites for hydroxylation is 1. The molecule has 1 fully saturated rings. The van der Waals surface area contributed by atoms with E-state index in [0.29, 0.717) is 12.0 Å². The van der Waals surface area contributed by atoms with Gasteiger partial charge in [-0.25, -0.2) is 4.79 Å². The lowest BCUT2D eigenvalue weighted by molar-refractivity contribution is -0.117. The summed E-state index contributed by atoms with van der Waals surface area (Å²) < 4.78 is 7.02. The molecule has 0 radical (unpaired) electrons. The van der Waals surface area contributed by atoms with Crippen molar-refractivity contribution in [2.45, 2.75) is 38.2 Å². The molecule has 0 spiro atoms. The molecule has 1 amide bonds. The van der Waals surface area contributed by atoms with E-state index in [9.17, 15) is 19.5 Å². The van der Waals surface area contributed by atoms with Gasteiger partial charge in [-0.3, -0.25) is 19.1 Å². The van der Waals surface area contributed by atoms with Crippen molar-refractivity contribution >= 4 is 12.0 Å². The third-order valence-corrected chi connectivity index (χ3v) is 4.64. The van der Waals surface area contributed by atoms with Crippen molar-refractivity contribution in [1.82, 2.24) is 14.9 Å². The second kappa shape index (κ2) is 8.81. The zero-order valence-electron chi connectivity index (χ0n) is 15.5. The standard InChI is InChI=1S/C20H23N3O5/c1-2-14-12-23(20(27)22-19(14)26)18-10-15(24)16(28-18)11-21-17(25)9-8-13-6-4-3-5-7-13/h3-9,12,15-16,18,24H,2,10-11H2,1H3,(H,21,25)(H,22,26,27)/b9-8+/t15-,16+,18+/m0/s1. The summed E-state index contributed by atoms with van der Waals surface area (Å²) >= 11 is 0. The molecule has 148 valence electrons. The number of H-pyrrole nitrogens is 1. The minimum absolute atomic E-state index is 0.106. The summed E-state index contributed by atoms with van der Waals surface area (Å²) in [6, 6.07) is 9.41. The van der Waals surface area contributed by atoms with Crippen molar-refractivity contribution in [2.75, 3.05) is 6.54 Å². The molecule has 2 heterocycles. The van der Waals surface area contributed by atoms with Gasteiger partial charge in [0.1, 0.15) is 12.3 Å². The van der Waals surface area contributed by atoms with Crippen LogP contribution in [0.5, 0.6) is 0 Å². The van der Waals surface area contributed by atoms with Gasteiger partial charge in [0.05, 0.1) is 6.10 Å². The molecule has 0 aliphatic carbocycles. The predicted molar refractivity (Wildman–Crippen MR) is 104 cm³/mol. The number of aliphatic hydroxyl groups excluding tert-OH is 1. The fourth-order valence-electron chi connectivity index (χ4n) is 3.06. The molecule has 3 rings (SSSR count). The fraction of sp³-hybridized carbons (Fsp3) is 0.350. The van der Waals surface area contributed by atoms with Gasteiger partial charge in [0.2, 0.25) is 5.91 Å². The maximum atomic E-state index is 12.1. The number of carbonyl (C=O) groups is 1. The molecule has 1 aliphatic rings. The van der Waals surface area contributed by atoms with E-state index in [1.807, 2.05) is 37.3 Å². The normalized spacial score (nSPS) is 21.9. The molecule has 0 unspecified atom stereocenters. The Balaban J connectivity index is 1.60. The largest absolute Gasteiger partial charge is 0.390 e. The average molecular weight is 385 g/mol. The Morgan fingerprint density at radius 3 is 2.82 bits per heavy atom. The number of rotatable bonds is 6. The van der Waals surface area contributed by atoms with Crippen LogP contribution in [0.25, 0.3) is 6.08 Å². The molecule has 0 bridgehead atoms. The number of carbonyl (C=O) groups excluding carboxylic acids is 1. The van der Waals surface area contributed by atoms with E-state index < -0.39 is 29.7 Å². The highest BCUT2D eigenvalue weighted by molar-refractivity contribution is 5.91. The molecule has 8 nitrogen and oxygen atoms in total. The van der Waals surface area contributed by atoms with Crippen LogP contribution in [-0.2, 0) is 16.0 Å². The lowest BCUT2D eigenvalue weighted by atomic mass is 10.1. The summed E-state index contributed by atoms with van der Waals surface area (Å²) in [5.74, 6) is -0.308. The number of aromatic nitrogens is 2. The van der Waals surface area contributed by atoms with Crippen LogP contribution in [0.3, 0.4) is 0 Å². The lowest BCUT2D eigenvalue weighted by Crippen LogP contribution is -2.37. The minimum atomic E-state index is -0.840. The monoisotopic (exact) mass is 385 g/mol. The maximum Gasteiger partial charge on any atom is 0.330 e. The first kappa shape index (κ1) is 19.8. The van der Waals surface area contributed by atoms with Gasteiger partial charge in [-0.2, -0.15) is 0 Å². The second-order valence-corrected chi connectivity index (χ2v) is 6.60. The van der Waals surface area contributed by atoms with Gasteiger partial charge in [0.25, 0.3) is 5.56 Å². The molecule has 1 aromatic heterocycles. The molecule has 8 heteroatoms. The Hall–Kier alpha value is -2.97. The number of ether oxygens (including phenoxy) is 1. The van der Waals surface area contributed by atoms with Gasteiger partial charge in [-0.1, -0.05) is 37.3 Å². The third kappa shape index (κ3) is 4.65. The van der Waals surface area contributed by atoms with Crippen LogP contribution in [-0.4, -0.2) is 39.3 Å². The first-order valence-corrected chi connectivity index (χ1v) is 9.16. The summed E-state index contributed by atoms with van der Waals surface area (Å²) in [6.45, 7) is 1.92. The molecule has 0 saturated carbocycles. The van der Waals surface area contributed by atoms with Gasteiger partial charge in [-0.05, 0) is 18.1 Å². The third-order valence-electron chi connectivity index (χ3n) is 4.64. The van der Waals surface area contributed by atoms with Crippen molar-refractivity contribution < 1.29 is 14.6 Å². The molecular weight excluding hydrogens is 362 g/mol. The van der Waals surface area contributed by atoms with Gasteiger partial charge < -0.3 is 15.2 Å². The Bertz CT molecular complexity index is 964. The molecule has 3 N–H and O–H groups in total. The highest BCUT2D eigenvalue weighted by Crippen LogP contribution is 2.27. The minimum Gasteiger partial charge on any atom is -0.390 e. The quantitative estimate of drug-likeness (QED) is 0.630. The summed E-state index contributed by atoms with van der Waals surface area (Å²) in [4.78, 5) is 38.0. The topological polar surface area (TPSA) is 113 Å². The Labute approximate surface area is 161 Å². The smallest absolute Gasteiger partial charge is 0.330 e. The van der Waals surface area contributed by atoms with Crippen molar-refractivity contribution in [3.05, 3.63) is 74.6 Å². The number of hydrogen-bond acceptors (Lipinski definition) is 5. The molecule has 28 heavy (non-hydrogen) atoms. The fourth-order valence-corrected chi connectivity index (χ4v) is 3.06. The van der Waals surface area contributed by atoms with E-state index in [1.165, 1.54) is 16.8 Å². The van der Waals surface area contributed by atoms with Crippen LogP contribution in [0.15, 0.2) is 52.2 Å². The summed E-state index contributed by atoms with van der Waals surface area (Å²) in [6.07, 6.45) is 3.03. The molecule has 1 aliphatic heterocycles. The van der Waals surface area contributed by atoms with Crippen LogP contribution < -0.4 is 16.6 Å². The predicted octanol–water partition coefficient (Wildman–Crippen LogP) is 0.577. The van der Waals surface area contributed by atoms with E-state index in [0.717, 1.165) is 5.56 Å². The number of hydrogen-bond donors (Lipinski definition) is 3. The summed E-state index contributed by atoms with van der Waals surface area (Å²) in [5.41, 5.74) is 0.353. The zero-order valence-corrected chi connectivity index (χ0v) is 15.5. The maximum absolute atomic E-state index is 12.1. The SMILES string of the molecule is CCc1cn([C@H]2C[C@H](O)[C@@H](CNC(=O)/C=C/c3ccccc3)O2)c(=O)[nH]c1=O. The van der Waals surface area contributed by atoms with E-state index in [4.69, 9.17) is 4.74 Å². The van der Waals surface area contributed by atoms with E-state index in [2.05, 4.69) is 10.3 Å². The van der Waals surface area contributed by atoms with Crippen LogP contribution in [0.1, 0.15) is 30.7 Å². The highest BCUT2D eigenvalue weighted by atomic mass is 16.5. The van der Waals surface area contributed by atoms with Gasteiger partial charge in [-0.15, -0.1) is 0 Å². The Morgan fingerprint density at radius 1 is 1.36 bits per heavy atom. The van der Waals surface area contributed by atoms with Crippen molar-refractivity contribution in [3.63, 3.8) is 0 Å². The lowest BCUT2D eigenvalue weighted by Gasteiger charge is -2.16. The number of amides is 1. The zero-order chi connectivity index (χ0) is 20.1. The van der Waals surface area contributed by atoms with E-state index in [1.54, 1.807) is 6.08 Å². The number of aromatic amines is 1. The number of aliphatic hydroxyl groups is 1. The Kier molecular flexibility index (Phi) is 6.23. The van der Waals surface area contributed by atoms with Crippen LogP contribution in [0.4, 0.5) is 0 Å². The van der Waals surface area contributed by atoms with Crippen molar-refractivity contribution in [3.8, 4) is 0 Å². The molecule has 1 aromatic carbocycles. The van der Waals surface area contributed by atoms with Gasteiger partial charge in [0, 0.05) is 30.8 Å². The first-order valence-electron chi connectivity index (χ1n) is 9.16. The molecular formula is C20H23N3O5. The van der Waals surface area contributed by atoms with Crippen molar-refractivity contribution in [1.29, 1.82) is 0 Å². The molecule has 3 atom stereocenters. The number of benzene rings is 1. The van der Waals surface area contributed by atoms with Crippen LogP contribution >= 0.6 is 0 Å². The van der Waals surface area contributed by atoms with Gasteiger partial charge in [0.15, 0.2) is 0 Å². The van der Waals surface area contributed by atoms with Crippen LogP contribution in [0, 0.1) is 0 Å². The van der Waals surface area contributed by atoms with Gasteiger partial charge >= 0.3 is 5.69 Å². The van der Waals surface area contributed by atoms with Crippen molar-refractivity contribution in [2.24, 2.45) is 0 Å². The number of nitrogens with one attached hydrogen (secondary N) is 2. The van der Waals surface area contributed by atoms with E-state index in [-0.39, 0.29) is 18.9 Å². The summed E-state index contributed by atoms with van der Waals surface area (Å²) in [7, 11) is 0. The number of nitrogens with zero attached hydrogens (tertiary/aromatic N) is 1. The van der Waals surface area contributed by atoms with Crippen LogP contribution in [0.2, 0.25) is 0 Å². The molecule has 1 saturated heterocycles. The second-order valence-electron chi connectivity index (χ2n) is 6.60. The first-order chi connectivity index (χ1) is 13.5. The Morgan fingerprint density at radius 2 is 2.11 bits per heavy atom. The summed E-state index contributed by atoms with van der Waals surface area (Å²) in [5, 5.41) is 12.9. The highest BCUT2D eigenvalue weighted by Gasteiger charge is 2.35. The average Bonchev–Trinajstić information content (AvgIpc) is 3.06.